The second-order valence-corrected chi connectivity index (χ2v) is 6.49. The number of carbonyl (C=O) groups is 1. The Hall–Kier alpha value is -3.45. The van der Waals surface area contributed by atoms with Crippen molar-refractivity contribution >= 4 is 22.5 Å². The smallest absolute Gasteiger partial charge is 0.257 e. The number of hydrogen-bond acceptors (Lipinski definition) is 4. The summed E-state index contributed by atoms with van der Waals surface area (Å²) >= 11 is 0. The maximum Gasteiger partial charge on any atom is 0.257 e. The van der Waals surface area contributed by atoms with Gasteiger partial charge in [-0.05, 0) is 23.8 Å². The van der Waals surface area contributed by atoms with Crippen molar-refractivity contribution in [3.8, 4) is 0 Å². The van der Waals surface area contributed by atoms with Crippen LogP contribution in [0.4, 0.5) is 5.69 Å². The molecule has 0 aliphatic carbocycles. The van der Waals surface area contributed by atoms with Crippen LogP contribution in [0.1, 0.15) is 15.9 Å². The fourth-order valence-corrected chi connectivity index (χ4v) is 3.20. The van der Waals surface area contributed by atoms with E-state index in [0.29, 0.717) is 25.3 Å². The molecule has 0 aliphatic rings. The molecule has 0 unspecified atom stereocenters. The van der Waals surface area contributed by atoms with E-state index >= 15 is 0 Å². The Bertz CT molecular complexity index is 1070. The van der Waals surface area contributed by atoms with E-state index in [-0.39, 0.29) is 5.91 Å². The first-order valence-electron chi connectivity index (χ1n) is 9.04. The van der Waals surface area contributed by atoms with Crippen molar-refractivity contribution in [1.29, 1.82) is 0 Å². The Labute approximate surface area is 162 Å². The summed E-state index contributed by atoms with van der Waals surface area (Å²) in [6.45, 7) is 1.93. The van der Waals surface area contributed by atoms with Crippen molar-refractivity contribution in [2.75, 3.05) is 19.0 Å². The van der Waals surface area contributed by atoms with Crippen LogP contribution < -0.4 is 5.32 Å². The molecule has 4 rings (SSSR count). The van der Waals surface area contributed by atoms with Crippen molar-refractivity contribution in [1.82, 2.24) is 19.3 Å². The molecule has 7 heteroatoms. The van der Waals surface area contributed by atoms with E-state index in [9.17, 15) is 4.79 Å². The third-order valence-electron chi connectivity index (χ3n) is 4.59. The highest BCUT2D eigenvalue weighted by molar-refractivity contribution is 6.13. The molecule has 4 aromatic rings. The van der Waals surface area contributed by atoms with Gasteiger partial charge in [-0.25, -0.2) is 9.67 Å². The fraction of sp³-hybridized carbons (Fsp3) is 0.190. The van der Waals surface area contributed by atoms with Gasteiger partial charge in [-0.2, -0.15) is 5.10 Å². The molecule has 1 amide bonds. The minimum atomic E-state index is -0.128. The predicted octanol–water partition coefficient (Wildman–Crippen LogP) is 3.18. The van der Waals surface area contributed by atoms with Gasteiger partial charge >= 0.3 is 0 Å². The van der Waals surface area contributed by atoms with E-state index in [1.54, 1.807) is 18.1 Å². The van der Waals surface area contributed by atoms with Crippen LogP contribution in [0.2, 0.25) is 0 Å². The zero-order chi connectivity index (χ0) is 19.3. The molecule has 142 valence electrons. The van der Waals surface area contributed by atoms with Gasteiger partial charge in [-0.15, -0.1) is 0 Å². The second kappa shape index (κ2) is 8.06. The normalized spacial score (nSPS) is 11.0. The van der Waals surface area contributed by atoms with Crippen LogP contribution in [0, 0.1) is 0 Å². The molecule has 2 aromatic carbocycles. The number of ether oxygens (including phenoxy) is 1. The van der Waals surface area contributed by atoms with Gasteiger partial charge in [0.2, 0.25) is 0 Å². The summed E-state index contributed by atoms with van der Waals surface area (Å²) in [6, 6.07) is 15.6. The number of anilines is 1. The summed E-state index contributed by atoms with van der Waals surface area (Å²) in [5.74, 6) is -0.128. The van der Waals surface area contributed by atoms with Crippen molar-refractivity contribution in [2.45, 2.75) is 13.1 Å². The largest absolute Gasteiger partial charge is 0.383 e. The van der Waals surface area contributed by atoms with Gasteiger partial charge < -0.3 is 14.6 Å². The highest BCUT2D eigenvalue weighted by Gasteiger charge is 2.15. The van der Waals surface area contributed by atoms with Gasteiger partial charge in [-0.3, -0.25) is 4.79 Å². The molecule has 1 N–H and O–H groups in total. The van der Waals surface area contributed by atoms with Crippen molar-refractivity contribution < 1.29 is 9.53 Å². The first-order valence-corrected chi connectivity index (χ1v) is 9.04. The van der Waals surface area contributed by atoms with Gasteiger partial charge in [0.15, 0.2) is 0 Å². The Balaban J connectivity index is 1.52. The number of para-hydroxylation sites is 1. The summed E-state index contributed by atoms with van der Waals surface area (Å²) in [5, 5.41) is 8.02. The van der Waals surface area contributed by atoms with E-state index in [0.717, 1.165) is 22.2 Å². The van der Waals surface area contributed by atoms with Crippen LogP contribution in [-0.2, 0) is 17.8 Å². The molecular weight excluding hydrogens is 354 g/mol. The third-order valence-corrected chi connectivity index (χ3v) is 4.59. The molecule has 0 aliphatic heterocycles. The molecule has 0 bridgehead atoms. The summed E-state index contributed by atoms with van der Waals surface area (Å²) in [6.07, 6.45) is 5.07. The number of methoxy groups -OCH3 is 1. The molecule has 0 radical (unpaired) electrons. The molecule has 7 nitrogen and oxygen atoms in total. The van der Waals surface area contributed by atoms with E-state index in [1.165, 1.54) is 6.33 Å². The van der Waals surface area contributed by atoms with Crippen molar-refractivity contribution in [3.63, 3.8) is 0 Å². The zero-order valence-electron chi connectivity index (χ0n) is 15.6. The number of nitrogens with zero attached hydrogens (tertiary/aromatic N) is 4. The minimum absolute atomic E-state index is 0.128. The van der Waals surface area contributed by atoms with Crippen LogP contribution >= 0.6 is 0 Å². The van der Waals surface area contributed by atoms with Crippen LogP contribution in [0.3, 0.4) is 0 Å². The van der Waals surface area contributed by atoms with E-state index in [2.05, 4.69) is 20.0 Å². The monoisotopic (exact) mass is 375 g/mol. The van der Waals surface area contributed by atoms with Gasteiger partial charge in [-0.1, -0.05) is 30.3 Å². The number of fused-ring (bicyclic) bond motifs is 1. The average Bonchev–Trinajstić information content (AvgIpc) is 3.36. The van der Waals surface area contributed by atoms with Crippen LogP contribution in [0.15, 0.2) is 67.4 Å². The number of aromatic nitrogens is 4. The predicted molar refractivity (Wildman–Crippen MR) is 107 cm³/mol. The Morgan fingerprint density at radius 2 is 1.96 bits per heavy atom. The average molecular weight is 375 g/mol. The Morgan fingerprint density at radius 3 is 2.71 bits per heavy atom. The van der Waals surface area contributed by atoms with Crippen LogP contribution in [0.25, 0.3) is 10.9 Å². The van der Waals surface area contributed by atoms with Crippen molar-refractivity contribution in [3.05, 3.63) is 78.5 Å². The molecule has 28 heavy (non-hydrogen) atoms. The molecule has 0 saturated carbocycles. The number of benzene rings is 2. The SMILES string of the molecule is COCCn1cc(C(=O)Nc2ccc(Cn3cncn3)cc2)c2ccccc21. The highest BCUT2D eigenvalue weighted by Crippen LogP contribution is 2.22. The standard InChI is InChI=1S/C21H21N5O2/c1-28-11-10-25-13-19(18-4-2-3-5-20(18)25)21(27)24-17-8-6-16(7-9-17)12-26-15-22-14-23-26/h2-9,13-15H,10-12H2,1H3,(H,24,27). The lowest BCUT2D eigenvalue weighted by molar-refractivity contribution is 0.102. The summed E-state index contributed by atoms with van der Waals surface area (Å²) in [4.78, 5) is 16.8. The number of hydrogen-bond donors (Lipinski definition) is 1. The first-order chi connectivity index (χ1) is 13.7. The van der Waals surface area contributed by atoms with Gasteiger partial charge in [0.1, 0.15) is 12.7 Å². The minimum Gasteiger partial charge on any atom is -0.383 e. The van der Waals surface area contributed by atoms with Gasteiger partial charge in [0, 0.05) is 36.4 Å². The number of carbonyl (C=O) groups excluding carboxylic acids is 1. The van der Waals surface area contributed by atoms with Crippen molar-refractivity contribution in [2.24, 2.45) is 0 Å². The highest BCUT2D eigenvalue weighted by atomic mass is 16.5. The first kappa shape index (κ1) is 17.9. The quantitative estimate of drug-likeness (QED) is 0.538. The van der Waals surface area contributed by atoms with E-state index in [1.807, 2.05) is 54.7 Å². The number of rotatable bonds is 7. The summed E-state index contributed by atoms with van der Waals surface area (Å²) in [5.41, 5.74) is 3.51. The lowest BCUT2D eigenvalue weighted by Gasteiger charge is -2.06. The second-order valence-electron chi connectivity index (χ2n) is 6.49. The molecular formula is C21H21N5O2. The van der Waals surface area contributed by atoms with Crippen LogP contribution in [0.5, 0.6) is 0 Å². The molecule has 0 spiro atoms. The van der Waals surface area contributed by atoms with Gasteiger partial charge in [0.25, 0.3) is 5.91 Å². The van der Waals surface area contributed by atoms with Crippen LogP contribution in [-0.4, -0.2) is 39.0 Å². The maximum atomic E-state index is 12.9. The van der Waals surface area contributed by atoms with E-state index in [4.69, 9.17) is 4.74 Å². The lowest BCUT2D eigenvalue weighted by Crippen LogP contribution is -2.12. The molecule has 0 atom stereocenters. The lowest BCUT2D eigenvalue weighted by atomic mass is 10.1. The number of amides is 1. The fourth-order valence-electron chi connectivity index (χ4n) is 3.20. The van der Waals surface area contributed by atoms with Gasteiger partial charge in [0.05, 0.1) is 18.7 Å². The molecule has 0 saturated heterocycles. The Kier molecular flexibility index (Phi) is 5.16. The molecule has 2 aromatic heterocycles. The summed E-state index contributed by atoms with van der Waals surface area (Å²) in [7, 11) is 1.67. The zero-order valence-corrected chi connectivity index (χ0v) is 15.6. The third kappa shape index (κ3) is 3.79. The molecule has 0 fully saturated rings. The summed E-state index contributed by atoms with van der Waals surface area (Å²) < 4.78 is 8.98. The molecule has 2 heterocycles. The van der Waals surface area contributed by atoms with E-state index < -0.39 is 0 Å². The Morgan fingerprint density at radius 1 is 1.14 bits per heavy atom. The number of nitrogens with one attached hydrogen (secondary N) is 1. The maximum absolute atomic E-state index is 12.9. The topological polar surface area (TPSA) is 74.0 Å².